The maximum absolute atomic E-state index is 5.35. The highest BCUT2D eigenvalue weighted by atomic mass is 16.7. The minimum atomic E-state index is 0.110. The molecule has 2 saturated heterocycles. The number of rotatable bonds is 0. The minimum Gasteiger partial charge on any atom is -0.352 e. The van der Waals surface area contributed by atoms with Crippen LogP contribution in [-0.4, -0.2) is 19.5 Å². The monoisotopic (exact) mass is 127 g/mol. The molecule has 0 aromatic heterocycles. The molecule has 2 heteroatoms. The highest BCUT2D eigenvalue weighted by molar-refractivity contribution is 4.86. The summed E-state index contributed by atoms with van der Waals surface area (Å²) in [5.41, 5.74) is 0. The van der Waals surface area contributed by atoms with Crippen molar-refractivity contribution in [2.75, 3.05) is 13.2 Å². The fraction of sp³-hybridized carbons (Fsp3) is 0.857. The highest BCUT2D eigenvalue weighted by Gasteiger charge is 2.31. The lowest BCUT2D eigenvalue weighted by molar-refractivity contribution is -0.150. The maximum Gasteiger partial charge on any atom is 0.160 e. The van der Waals surface area contributed by atoms with Crippen molar-refractivity contribution in [3.05, 3.63) is 6.42 Å². The number of hydrogen-bond acceptors (Lipinski definition) is 2. The van der Waals surface area contributed by atoms with Gasteiger partial charge in [-0.1, -0.05) is 0 Å². The van der Waals surface area contributed by atoms with E-state index in [-0.39, 0.29) is 6.29 Å². The van der Waals surface area contributed by atoms with E-state index in [1.165, 1.54) is 12.8 Å². The largest absolute Gasteiger partial charge is 0.352 e. The second-order valence-corrected chi connectivity index (χ2v) is 2.61. The number of ether oxygens (including phenoxy) is 2. The Morgan fingerprint density at radius 3 is 3.22 bits per heavy atom. The molecule has 0 spiro atoms. The van der Waals surface area contributed by atoms with Gasteiger partial charge in [-0.25, -0.2) is 0 Å². The van der Waals surface area contributed by atoms with E-state index in [9.17, 15) is 0 Å². The first kappa shape index (κ1) is 5.69. The van der Waals surface area contributed by atoms with Gasteiger partial charge in [0.15, 0.2) is 6.29 Å². The standard InChI is InChI=1S/C7H11O2/c1-2-6-3-5-9-7(6)8-4-1/h3,6-7H,1-2,4-5H2. The third-order valence-corrected chi connectivity index (χ3v) is 1.97. The van der Waals surface area contributed by atoms with Gasteiger partial charge in [0, 0.05) is 12.5 Å². The topological polar surface area (TPSA) is 18.5 Å². The molecule has 0 bridgehead atoms. The van der Waals surface area contributed by atoms with E-state index in [0.29, 0.717) is 5.92 Å². The van der Waals surface area contributed by atoms with Crippen molar-refractivity contribution in [2.24, 2.45) is 5.92 Å². The lowest BCUT2D eigenvalue weighted by Gasteiger charge is -2.23. The Hall–Kier alpha value is -0.0800. The summed E-state index contributed by atoms with van der Waals surface area (Å²) in [5.74, 6) is 0.596. The summed E-state index contributed by atoms with van der Waals surface area (Å²) in [6.45, 7) is 1.67. The van der Waals surface area contributed by atoms with Crippen molar-refractivity contribution in [2.45, 2.75) is 19.1 Å². The van der Waals surface area contributed by atoms with E-state index < -0.39 is 0 Å². The average Bonchev–Trinajstić information content (AvgIpc) is 2.33. The second kappa shape index (κ2) is 2.27. The Kier molecular flexibility index (Phi) is 1.44. The van der Waals surface area contributed by atoms with Gasteiger partial charge in [-0.05, 0) is 19.3 Å². The fourth-order valence-electron chi connectivity index (χ4n) is 1.45. The number of hydrogen-bond donors (Lipinski definition) is 0. The van der Waals surface area contributed by atoms with E-state index in [0.717, 1.165) is 13.2 Å². The Bertz CT molecular complexity index is 91.1. The van der Waals surface area contributed by atoms with Crippen molar-refractivity contribution in [3.63, 3.8) is 0 Å². The van der Waals surface area contributed by atoms with E-state index >= 15 is 0 Å². The second-order valence-electron chi connectivity index (χ2n) is 2.61. The molecule has 2 aliphatic heterocycles. The Morgan fingerprint density at radius 1 is 1.33 bits per heavy atom. The van der Waals surface area contributed by atoms with E-state index in [2.05, 4.69) is 6.42 Å². The summed E-state index contributed by atoms with van der Waals surface area (Å²) in [6.07, 6.45) is 4.77. The van der Waals surface area contributed by atoms with Crippen LogP contribution in [0.1, 0.15) is 12.8 Å². The van der Waals surface area contributed by atoms with Crippen LogP contribution >= 0.6 is 0 Å². The summed E-state index contributed by atoms with van der Waals surface area (Å²) >= 11 is 0. The number of fused-ring (bicyclic) bond motifs is 1. The van der Waals surface area contributed by atoms with Crippen LogP contribution in [0.2, 0.25) is 0 Å². The molecular weight excluding hydrogens is 116 g/mol. The van der Waals surface area contributed by atoms with E-state index in [1.807, 2.05) is 0 Å². The van der Waals surface area contributed by atoms with Crippen LogP contribution in [0.15, 0.2) is 0 Å². The molecule has 0 saturated carbocycles. The molecule has 0 aromatic carbocycles. The summed E-state index contributed by atoms with van der Waals surface area (Å²) < 4.78 is 10.6. The molecule has 1 radical (unpaired) electrons. The van der Waals surface area contributed by atoms with E-state index in [1.54, 1.807) is 0 Å². The first-order chi connectivity index (χ1) is 4.47. The Labute approximate surface area is 55.1 Å². The molecule has 2 heterocycles. The predicted molar refractivity (Wildman–Crippen MR) is 32.7 cm³/mol. The maximum atomic E-state index is 5.35. The minimum absolute atomic E-state index is 0.110. The van der Waals surface area contributed by atoms with Crippen molar-refractivity contribution in [3.8, 4) is 0 Å². The lowest BCUT2D eigenvalue weighted by Crippen LogP contribution is -2.25. The SMILES string of the molecule is [CH]1COC2OCCCC12. The third-order valence-electron chi connectivity index (χ3n) is 1.97. The molecule has 2 nitrogen and oxygen atoms in total. The molecule has 2 unspecified atom stereocenters. The Balaban J connectivity index is 1.97. The molecular formula is C7H11O2. The van der Waals surface area contributed by atoms with Crippen LogP contribution in [0, 0.1) is 12.3 Å². The smallest absolute Gasteiger partial charge is 0.160 e. The van der Waals surface area contributed by atoms with Gasteiger partial charge in [0.25, 0.3) is 0 Å². The molecule has 2 fully saturated rings. The van der Waals surface area contributed by atoms with Crippen LogP contribution in [0.3, 0.4) is 0 Å². The molecule has 2 atom stereocenters. The van der Waals surface area contributed by atoms with Crippen LogP contribution in [-0.2, 0) is 9.47 Å². The molecule has 0 amide bonds. The van der Waals surface area contributed by atoms with Crippen LogP contribution in [0.4, 0.5) is 0 Å². The highest BCUT2D eigenvalue weighted by Crippen LogP contribution is 2.28. The fourth-order valence-corrected chi connectivity index (χ4v) is 1.45. The Morgan fingerprint density at radius 2 is 2.33 bits per heavy atom. The van der Waals surface area contributed by atoms with Gasteiger partial charge in [0.05, 0.1) is 6.61 Å². The van der Waals surface area contributed by atoms with Crippen LogP contribution < -0.4 is 0 Å². The van der Waals surface area contributed by atoms with Gasteiger partial charge in [-0.2, -0.15) is 0 Å². The van der Waals surface area contributed by atoms with E-state index in [4.69, 9.17) is 9.47 Å². The van der Waals surface area contributed by atoms with Gasteiger partial charge >= 0.3 is 0 Å². The summed E-state index contributed by atoms with van der Waals surface area (Å²) in [4.78, 5) is 0. The first-order valence-electron chi connectivity index (χ1n) is 3.53. The molecule has 0 N–H and O–H groups in total. The van der Waals surface area contributed by atoms with Crippen LogP contribution in [0.25, 0.3) is 0 Å². The van der Waals surface area contributed by atoms with Gasteiger partial charge in [-0.15, -0.1) is 0 Å². The average molecular weight is 127 g/mol. The molecule has 2 rings (SSSR count). The van der Waals surface area contributed by atoms with Gasteiger partial charge in [-0.3, -0.25) is 0 Å². The summed E-state index contributed by atoms with van der Waals surface area (Å²) in [7, 11) is 0. The molecule has 0 aliphatic carbocycles. The predicted octanol–water partition coefficient (Wildman–Crippen LogP) is 0.974. The van der Waals surface area contributed by atoms with Crippen molar-refractivity contribution in [1.82, 2.24) is 0 Å². The molecule has 9 heavy (non-hydrogen) atoms. The molecule has 2 aliphatic rings. The van der Waals surface area contributed by atoms with Gasteiger partial charge in [0.2, 0.25) is 0 Å². The van der Waals surface area contributed by atoms with Gasteiger partial charge in [0.1, 0.15) is 0 Å². The lowest BCUT2D eigenvalue weighted by atomic mass is 10.00. The van der Waals surface area contributed by atoms with Crippen molar-refractivity contribution < 1.29 is 9.47 Å². The quantitative estimate of drug-likeness (QED) is 0.482. The van der Waals surface area contributed by atoms with Crippen molar-refractivity contribution in [1.29, 1.82) is 0 Å². The third kappa shape index (κ3) is 0.970. The van der Waals surface area contributed by atoms with Gasteiger partial charge < -0.3 is 9.47 Å². The summed E-state index contributed by atoms with van der Waals surface area (Å²) in [6, 6.07) is 0. The molecule has 51 valence electrons. The normalized spacial score (nSPS) is 42.7. The summed E-state index contributed by atoms with van der Waals surface area (Å²) in [5, 5.41) is 0. The first-order valence-corrected chi connectivity index (χ1v) is 3.53. The molecule has 0 aromatic rings. The van der Waals surface area contributed by atoms with Crippen LogP contribution in [0.5, 0.6) is 0 Å². The zero-order valence-corrected chi connectivity index (χ0v) is 5.38. The van der Waals surface area contributed by atoms with Crippen molar-refractivity contribution >= 4 is 0 Å². The zero-order valence-electron chi connectivity index (χ0n) is 5.38. The zero-order chi connectivity index (χ0) is 6.10.